The predicted octanol–water partition coefficient (Wildman–Crippen LogP) is 3.96. The minimum atomic E-state index is -0.402. The number of aromatic nitrogens is 1. The Kier molecular flexibility index (Phi) is 4.30. The van der Waals surface area contributed by atoms with Gasteiger partial charge in [-0.25, -0.2) is 0 Å². The number of carbonyl (C=O) groups excluding carboxylic acids is 1. The molecular formula is C18H12BrN3O3. The number of fused-ring (bicyclic) bond motifs is 1. The monoisotopic (exact) mass is 397 g/mol. The van der Waals surface area contributed by atoms with Crippen molar-refractivity contribution in [1.82, 2.24) is 4.98 Å². The van der Waals surface area contributed by atoms with Crippen molar-refractivity contribution in [2.75, 3.05) is 4.90 Å². The highest BCUT2D eigenvalue weighted by Crippen LogP contribution is 2.40. The van der Waals surface area contributed by atoms with Gasteiger partial charge >= 0.3 is 0 Å². The van der Waals surface area contributed by atoms with Crippen molar-refractivity contribution in [1.29, 1.82) is 5.26 Å². The Morgan fingerprint density at radius 1 is 1.28 bits per heavy atom. The molecule has 2 aromatic carbocycles. The fourth-order valence-electron chi connectivity index (χ4n) is 2.63. The van der Waals surface area contributed by atoms with E-state index in [1.807, 2.05) is 12.1 Å². The van der Waals surface area contributed by atoms with Gasteiger partial charge in [0, 0.05) is 23.0 Å². The Morgan fingerprint density at radius 2 is 2.04 bits per heavy atom. The fraction of sp³-hybridized carbons (Fsp3) is 0.0556. The molecule has 1 aromatic heterocycles. The summed E-state index contributed by atoms with van der Waals surface area (Å²) in [6.45, 7) is 1.38. The number of hydrogen-bond donors (Lipinski definition) is 2. The summed E-state index contributed by atoms with van der Waals surface area (Å²) in [5.74, 6) is -1.04. The molecular weight excluding hydrogens is 386 g/mol. The Morgan fingerprint density at radius 3 is 2.68 bits per heavy atom. The van der Waals surface area contributed by atoms with Gasteiger partial charge < -0.3 is 10.2 Å². The predicted molar refractivity (Wildman–Crippen MR) is 96.7 cm³/mol. The minimum absolute atomic E-state index is 0.107. The molecule has 0 aliphatic rings. The van der Waals surface area contributed by atoms with Gasteiger partial charge in [0.15, 0.2) is 11.5 Å². The summed E-state index contributed by atoms with van der Waals surface area (Å²) in [4.78, 5) is 17.8. The third-order valence-corrected chi connectivity index (χ3v) is 4.18. The van der Waals surface area contributed by atoms with E-state index in [1.165, 1.54) is 30.2 Å². The fourth-order valence-corrected chi connectivity index (χ4v) is 3.02. The van der Waals surface area contributed by atoms with Crippen molar-refractivity contribution < 1.29 is 15.0 Å². The highest BCUT2D eigenvalue weighted by molar-refractivity contribution is 9.10. The summed E-state index contributed by atoms with van der Waals surface area (Å²) >= 11 is 3.37. The molecule has 1 heterocycles. The quantitative estimate of drug-likeness (QED) is 0.637. The SMILES string of the molecule is CC(=O)N(c1cccc(Br)c1)c1c(C#N)cnc2c(O)c(O)ccc12. The molecule has 0 aliphatic heterocycles. The number of phenols is 2. The number of amides is 1. The number of pyridine rings is 1. The molecule has 0 aliphatic carbocycles. The Bertz CT molecular complexity index is 1040. The first-order chi connectivity index (χ1) is 11.9. The van der Waals surface area contributed by atoms with Crippen molar-refractivity contribution in [3.05, 3.63) is 52.6 Å². The van der Waals surface area contributed by atoms with Gasteiger partial charge in [0.05, 0.1) is 16.9 Å². The van der Waals surface area contributed by atoms with Crippen LogP contribution in [0.15, 0.2) is 47.1 Å². The van der Waals surface area contributed by atoms with Crippen molar-refractivity contribution in [3.63, 3.8) is 0 Å². The van der Waals surface area contributed by atoms with Crippen LogP contribution in [0.25, 0.3) is 10.9 Å². The normalized spacial score (nSPS) is 10.4. The van der Waals surface area contributed by atoms with Gasteiger partial charge in [0.2, 0.25) is 5.91 Å². The van der Waals surface area contributed by atoms with E-state index in [9.17, 15) is 20.3 Å². The molecule has 3 rings (SSSR count). The number of nitrogens with zero attached hydrogens (tertiary/aromatic N) is 3. The van der Waals surface area contributed by atoms with E-state index < -0.39 is 5.75 Å². The molecule has 0 spiro atoms. The van der Waals surface area contributed by atoms with Gasteiger partial charge in [-0.15, -0.1) is 0 Å². The summed E-state index contributed by atoms with van der Waals surface area (Å²) < 4.78 is 0.772. The summed E-state index contributed by atoms with van der Waals surface area (Å²) in [6.07, 6.45) is 1.27. The molecule has 3 aromatic rings. The molecule has 0 bridgehead atoms. The molecule has 7 heteroatoms. The Hall–Kier alpha value is -3.11. The number of benzene rings is 2. The van der Waals surface area contributed by atoms with Crippen molar-refractivity contribution in [2.45, 2.75) is 6.92 Å². The van der Waals surface area contributed by atoms with Crippen molar-refractivity contribution >= 4 is 44.1 Å². The van der Waals surface area contributed by atoms with Gasteiger partial charge in [-0.1, -0.05) is 22.0 Å². The lowest BCUT2D eigenvalue weighted by molar-refractivity contribution is -0.115. The van der Waals surface area contributed by atoms with E-state index in [0.717, 1.165) is 4.47 Å². The van der Waals surface area contributed by atoms with E-state index in [2.05, 4.69) is 20.9 Å². The van der Waals surface area contributed by atoms with E-state index in [4.69, 9.17) is 0 Å². The molecule has 0 fully saturated rings. The van der Waals surface area contributed by atoms with Crippen LogP contribution in [0.5, 0.6) is 11.5 Å². The van der Waals surface area contributed by atoms with Crippen LogP contribution in [-0.4, -0.2) is 21.1 Å². The average Bonchev–Trinajstić information content (AvgIpc) is 2.58. The zero-order valence-electron chi connectivity index (χ0n) is 13.1. The van der Waals surface area contributed by atoms with Gasteiger partial charge in [0.25, 0.3) is 0 Å². The molecule has 0 atom stereocenters. The molecule has 0 saturated carbocycles. The summed E-state index contributed by atoms with van der Waals surface area (Å²) in [6, 6.07) is 11.9. The number of rotatable bonds is 2. The molecule has 6 nitrogen and oxygen atoms in total. The van der Waals surface area contributed by atoms with Gasteiger partial charge in [-0.05, 0) is 30.3 Å². The van der Waals surface area contributed by atoms with Crippen LogP contribution in [0, 0.1) is 11.3 Å². The zero-order chi connectivity index (χ0) is 18.1. The Balaban J connectivity index is 2.40. The smallest absolute Gasteiger partial charge is 0.228 e. The molecule has 1 amide bonds. The van der Waals surface area contributed by atoms with Crippen LogP contribution in [-0.2, 0) is 4.79 Å². The maximum absolute atomic E-state index is 12.4. The minimum Gasteiger partial charge on any atom is -0.504 e. The molecule has 124 valence electrons. The number of hydrogen-bond acceptors (Lipinski definition) is 5. The van der Waals surface area contributed by atoms with Crippen LogP contribution >= 0.6 is 15.9 Å². The molecule has 0 saturated heterocycles. The average molecular weight is 398 g/mol. The van der Waals surface area contributed by atoms with E-state index in [1.54, 1.807) is 18.2 Å². The lowest BCUT2D eigenvalue weighted by Crippen LogP contribution is -2.24. The van der Waals surface area contributed by atoms with E-state index in [0.29, 0.717) is 16.8 Å². The maximum atomic E-state index is 12.4. The summed E-state index contributed by atoms with van der Waals surface area (Å²) in [7, 11) is 0. The number of carbonyl (C=O) groups is 1. The number of halogens is 1. The molecule has 0 radical (unpaired) electrons. The number of anilines is 2. The van der Waals surface area contributed by atoms with Crippen LogP contribution in [0.1, 0.15) is 12.5 Å². The first kappa shape index (κ1) is 16.7. The highest BCUT2D eigenvalue weighted by Gasteiger charge is 2.23. The van der Waals surface area contributed by atoms with Crippen LogP contribution < -0.4 is 4.90 Å². The van der Waals surface area contributed by atoms with Crippen LogP contribution in [0.3, 0.4) is 0 Å². The number of aromatic hydroxyl groups is 2. The second-order valence-electron chi connectivity index (χ2n) is 5.30. The third-order valence-electron chi connectivity index (χ3n) is 3.69. The van der Waals surface area contributed by atoms with Crippen molar-refractivity contribution in [3.8, 4) is 17.6 Å². The first-order valence-corrected chi connectivity index (χ1v) is 8.03. The Labute approximate surface area is 151 Å². The third kappa shape index (κ3) is 2.88. The second-order valence-corrected chi connectivity index (χ2v) is 6.21. The molecule has 0 unspecified atom stereocenters. The lowest BCUT2D eigenvalue weighted by atomic mass is 10.1. The number of nitriles is 1. The molecule has 2 N–H and O–H groups in total. The zero-order valence-corrected chi connectivity index (χ0v) is 14.6. The highest BCUT2D eigenvalue weighted by atomic mass is 79.9. The first-order valence-electron chi connectivity index (χ1n) is 7.24. The standard InChI is InChI=1S/C18H12BrN3O3/c1-10(23)22(13-4-2-3-12(19)7-13)17-11(8-20)9-21-16-14(17)5-6-15(24)18(16)25/h2-7,9,24-25H,1H3. The maximum Gasteiger partial charge on any atom is 0.228 e. The van der Waals surface area contributed by atoms with E-state index >= 15 is 0 Å². The van der Waals surface area contributed by atoms with Crippen LogP contribution in [0.4, 0.5) is 11.4 Å². The van der Waals surface area contributed by atoms with Gasteiger partial charge in [-0.2, -0.15) is 5.26 Å². The van der Waals surface area contributed by atoms with Crippen LogP contribution in [0.2, 0.25) is 0 Å². The molecule has 25 heavy (non-hydrogen) atoms. The topological polar surface area (TPSA) is 97.5 Å². The summed E-state index contributed by atoms with van der Waals surface area (Å²) in [5.41, 5.74) is 1.13. The largest absolute Gasteiger partial charge is 0.504 e. The summed E-state index contributed by atoms with van der Waals surface area (Å²) in [5, 5.41) is 29.6. The van der Waals surface area contributed by atoms with E-state index in [-0.39, 0.29) is 22.7 Å². The van der Waals surface area contributed by atoms with Gasteiger partial charge in [0.1, 0.15) is 11.6 Å². The van der Waals surface area contributed by atoms with Gasteiger partial charge in [-0.3, -0.25) is 14.7 Å². The number of phenolic OH excluding ortho intramolecular Hbond substituents is 2. The van der Waals surface area contributed by atoms with Crippen molar-refractivity contribution in [2.24, 2.45) is 0 Å². The lowest BCUT2D eigenvalue weighted by Gasteiger charge is -2.24. The second kappa shape index (κ2) is 6.42.